The predicted molar refractivity (Wildman–Crippen MR) is 86.8 cm³/mol. The quantitative estimate of drug-likeness (QED) is 0.843. The van der Waals surface area contributed by atoms with Crippen LogP contribution in [0.1, 0.15) is 50.5 Å². The maximum atomic E-state index is 12.0. The second-order valence-electron chi connectivity index (χ2n) is 5.99. The first-order valence-corrected chi connectivity index (χ1v) is 8.42. The minimum atomic E-state index is -0.661. The van der Waals surface area contributed by atoms with Gasteiger partial charge in [0.25, 0.3) is 0 Å². The summed E-state index contributed by atoms with van der Waals surface area (Å²) < 4.78 is 6.37. The lowest BCUT2D eigenvalue weighted by atomic mass is 9.72. The van der Waals surface area contributed by atoms with Crippen molar-refractivity contribution in [2.75, 3.05) is 7.11 Å². The Labute approximate surface area is 134 Å². The Morgan fingerprint density at radius 3 is 2.43 bits per heavy atom. The van der Waals surface area contributed by atoms with Crippen molar-refractivity contribution in [3.8, 4) is 5.75 Å². The Bertz CT molecular complexity index is 491. The second kappa shape index (κ2) is 7.30. The molecule has 116 valence electrons. The molecule has 1 aromatic carbocycles. The average Bonchev–Trinajstić information content (AvgIpc) is 2.42. The molecule has 0 unspecified atom stereocenters. The molecular weight excluding hydrogens is 332 g/mol. The van der Waals surface area contributed by atoms with Crippen LogP contribution in [0.15, 0.2) is 22.7 Å². The lowest BCUT2D eigenvalue weighted by molar-refractivity contribution is -0.150. The smallest absolute Gasteiger partial charge is 0.309 e. The summed E-state index contributed by atoms with van der Waals surface area (Å²) in [4.78, 5) is 12.0. The molecule has 1 aliphatic rings. The van der Waals surface area contributed by atoms with E-state index in [1.54, 1.807) is 7.11 Å². The van der Waals surface area contributed by atoms with E-state index in [-0.39, 0.29) is 0 Å². The van der Waals surface area contributed by atoms with Gasteiger partial charge in [-0.2, -0.15) is 0 Å². The summed E-state index contributed by atoms with van der Waals surface area (Å²) in [6.45, 7) is 0. The molecule has 3 nitrogen and oxygen atoms in total. The van der Waals surface area contributed by atoms with Crippen LogP contribution < -0.4 is 4.74 Å². The molecule has 1 aliphatic carbocycles. The number of methoxy groups -OCH3 is 1. The Hall–Kier alpha value is -1.03. The van der Waals surface area contributed by atoms with Crippen LogP contribution in [-0.2, 0) is 11.2 Å². The molecule has 1 N–H and O–H groups in total. The molecule has 4 heteroatoms. The Morgan fingerprint density at radius 2 is 1.86 bits per heavy atom. The fourth-order valence-electron chi connectivity index (χ4n) is 3.30. The van der Waals surface area contributed by atoms with Gasteiger partial charge in [0, 0.05) is 4.47 Å². The van der Waals surface area contributed by atoms with Crippen molar-refractivity contribution < 1.29 is 14.6 Å². The number of benzene rings is 1. The SMILES string of the molecule is COc1ccc(Br)cc1CC1(C(=O)O)CCCCCCC1. The maximum Gasteiger partial charge on any atom is 0.309 e. The largest absolute Gasteiger partial charge is 0.496 e. The van der Waals surface area contributed by atoms with Crippen molar-refractivity contribution in [2.24, 2.45) is 5.41 Å². The monoisotopic (exact) mass is 354 g/mol. The molecule has 2 rings (SSSR count). The van der Waals surface area contributed by atoms with Gasteiger partial charge in [0.15, 0.2) is 0 Å². The third-order valence-electron chi connectivity index (χ3n) is 4.54. The lowest BCUT2D eigenvalue weighted by Gasteiger charge is -2.32. The number of carbonyl (C=O) groups is 1. The first-order chi connectivity index (χ1) is 10.1. The van der Waals surface area contributed by atoms with Crippen molar-refractivity contribution >= 4 is 21.9 Å². The van der Waals surface area contributed by atoms with Gasteiger partial charge in [0.05, 0.1) is 12.5 Å². The molecule has 0 bridgehead atoms. The molecule has 0 radical (unpaired) electrons. The summed E-state index contributed by atoms with van der Waals surface area (Å²) in [6.07, 6.45) is 7.59. The minimum absolute atomic E-state index is 0.547. The van der Waals surface area contributed by atoms with E-state index in [1.165, 1.54) is 6.42 Å². The van der Waals surface area contributed by atoms with E-state index in [0.717, 1.165) is 54.3 Å². The number of carboxylic acid groups (broad SMARTS) is 1. The molecule has 0 spiro atoms. The van der Waals surface area contributed by atoms with Crippen LogP contribution in [0.3, 0.4) is 0 Å². The van der Waals surface area contributed by atoms with E-state index in [1.807, 2.05) is 18.2 Å². The summed E-state index contributed by atoms with van der Waals surface area (Å²) in [5, 5.41) is 9.85. The normalized spacial score (nSPS) is 18.6. The number of hydrogen-bond acceptors (Lipinski definition) is 2. The van der Waals surface area contributed by atoms with Gasteiger partial charge in [0.2, 0.25) is 0 Å². The van der Waals surface area contributed by atoms with Crippen molar-refractivity contribution in [3.63, 3.8) is 0 Å². The summed E-state index contributed by atoms with van der Waals surface area (Å²) in [5.41, 5.74) is 0.337. The van der Waals surface area contributed by atoms with E-state index in [9.17, 15) is 9.90 Å². The highest BCUT2D eigenvalue weighted by Crippen LogP contribution is 2.40. The lowest BCUT2D eigenvalue weighted by Crippen LogP contribution is -2.34. The van der Waals surface area contributed by atoms with Crippen molar-refractivity contribution in [3.05, 3.63) is 28.2 Å². The zero-order valence-electron chi connectivity index (χ0n) is 12.5. The molecule has 0 heterocycles. The molecule has 1 fully saturated rings. The van der Waals surface area contributed by atoms with Crippen LogP contribution in [0.4, 0.5) is 0 Å². The summed E-state index contributed by atoms with van der Waals surface area (Å²) >= 11 is 3.47. The van der Waals surface area contributed by atoms with Gasteiger partial charge < -0.3 is 9.84 Å². The van der Waals surface area contributed by atoms with Gasteiger partial charge >= 0.3 is 5.97 Å². The van der Waals surface area contributed by atoms with Gasteiger partial charge in [0.1, 0.15) is 5.75 Å². The van der Waals surface area contributed by atoms with Crippen LogP contribution in [-0.4, -0.2) is 18.2 Å². The van der Waals surface area contributed by atoms with Gasteiger partial charge in [-0.25, -0.2) is 0 Å². The van der Waals surface area contributed by atoms with Gasteiger partial charge in [-0.15, -0.1) is 0 Å². The summed E-state index contributed by atoms with van der Waals surface area (Å²) in [5.74, 6) is 0.118. The van der Waals surface area contributed by atoms with Crippen LogP contribution in [0, 0.1) is 5.41 Å². The number of rotatable bonds is 4. The van der Waals surface area contributed by atoms with Gasteiger partial charge in [-0.3, -0.25) is 4.79 Å². The molecular formula is C17H23BrO3. The van der Waals surface area contributed by atoms with E-state index >= 15 is 0 Å². The molecule has 1 aromatic rings. The van der Waals surface area contributed by atoms with Gasteiger partial charge in [-0.1, -0.05) is 48.0 Å². The first kappa shape index (κ1) is 16.3. The molecule has 0 atom stereocenters. The zero-order chi connectivity index (χ0) is 15.3. The van der Waals surface area contributed by atoms with E-state index in [2.05, 4.69) is 15.9 Å². The Kier molecular flexibility index (Phi) is 5.68. The number of halogens is 1. The fourth-order valence-corrected chi connectivity index (χ4v) is 3.71. The Morgan fingerprint density at radius 1 is 1.24 bits per heavy atom. The van der Waals surface area contributed by atoms with Crippen LogP contribution in [0.25, 0.3) is 0 Å². The van der Waals surface area contributed by atoms with E-state index in [0.29, 0.717) is 6.42 Å². The molecule has 21 heavy (non-hydrogen) atoms. The highest BCUT2D eigenvalue weighted by molar-refractivity contribution is 9.10. The number of aliphatic carboxylic acids is 1. The van der Waals surface area contributed by atoms with Crippen LogP contribution in [0.5, 0.6) is 5.75 Å². The van der Waals surface area contributed by atoms with E-state index in [4.69, 9.17) is 4.74 Å². The van der Waals surface area contributed by atoms with Crippen molar-refractivity contribution in [1.82, 2.24) is 0 Å². The summed E-state index contributed by atoms with van der Waals surface area (Å²) in [7, 11) is 1.64. The average molecular weight is 355 g/mol. The Balaban J connectivity index is 2.30. The van der Waals surface area contributed by atoms with Gasteiger partial charge in [-0.05, 0) is 43.0 Å². The standard InChI is InChI=1S/C17H23BrO3/c1-21-15-8-7-14(18)11-13(15)12-17(16(19)20)9-5-3-2-4-6-10-17/h7-8,11H,2-6,9-10,12H2,1H3,(H,19,20). The first-order valence-electron chi connectivity index (χ1n) is 7.63. The molecule has 0 saturated heterocycles. The molecule has 0 amide bonds. The number of carboxylic acids is 1. The van der Waals surface area contributed by atoms with Crippen molar-refractivity contribution in [2.45, 2.75) is 51.4 Å². The number of hydrogen-bond donors (Lipinski definition) is 1. The third kappa shape index (κ3) is 4.00. The van der Waals surface area contributed by atoms with Crippen LogP contribution in [0.2, 0.25) is 0 Å². The molecule has 0 aliphatic heterocycles. The fraction of sp³-hybridized carbons (Fsp3) is 0.588. The van der Waals surface area contributed by atoms with Crippen molar-refractivity contribution in [1.29, 1.82) is 0 Å². The maximum absolute atomic E-state index is 12.0. The van der Waals surface area contributed by atoms with E-state index < -0.39 is 11.4 Å². The topological polar surface area (TPSA) is 46.5 Å². The molecule has 0 aromatic heterocycles. The van der Waals surface area contributed by atoms with Crippen LogP contribution >= 0.6 is 15.9 Å². The second-order valence-corrected chi connectivity index (χ2v) is 6.90. The summed E-state index contributed by atoms with van der Waals surface area (Å²) in [6, 6.07) is 5.81. The molecule has 1 saturated carbocycles. The highest BCUT2D eigenvalue weighted by Gasteiger charge is 2.38. The number of ether oxygens (including phenoxy) is 1. The predicted octanol–water partition coefficient (Wildman–Crippen LogP) is 4.82. The zero-order valence-corrected chi connectivity index (χ0v) is 14.1. The minimum Gasteiger partial charge on any atom is -0.496 e. The third-order valence-corrected chi connectivity index (χ3v) is 5.03. The highest BCUT2D eigenvalue weighted by atomic mass is 79.9.